The number of benzene rings is 1. The summed E-state index contributed by atoms with van der Waals surface area (Å²) in [7, 11) is 4.34. The molecule has 1 saturated heterocycles. The van der Waals surface area contributed by atoms with Gasteiger partial charge in [0.25, 0.3) is 0 Å². The molecule has 3 fully saturated rings. The van der Waals surface area contributed by atoms with E-state index in [1.165, 1.54) is 37.2 Å². The van der Waals surface area contributed by atoms with Crippen LogP contribution in [0.15, 0.2) is 48.8 Å². The molecule has 35 heavy (non-hydrogen) atoms. The lowest BCUT2D eigenvalue weighted by Crippen LogP contribution is -2.56. The minimum Gasteiger partial charge on any atom is -0.323 e. The minimum absolute atomic E-state index is 0.0111. The normalized spacial score (nSPS) is 26.9. The summed E-state index contributed by atoms with van der Waals surface area (Å²) in [5.41, 5.74) is 1.70. The van der Waals surface area contributed by atoms with Crippen molar-refractivity contribution in [3.63, 3.8) is 0 Å². The highest BCUT2D eigenvalue weighted by atomic mass is 16.2. The van der Waals surface area contributed by atoms with Gasteiger partial charge in [-0.2, -0.15) is 10.2 Å². The number of rotatable bonds is 7. The van der Waals surface area contributed by atoms with Crippen molar-refractivity contribution >= 4 is 17.6 Å². The second-order valence-electron chi connectivity index (χ2n) is 10.7. The topological polar surface area (TPSA) is 81.7 Å². The molecule has 2 aliphatic carbocycles. The number of urea groups is 1. The maximum absolute atomic E-state index is 13.6. The zero-order valence-corrected chi connectivity index (χ0v) is 20.8. The van der Waals surface area contributed by atoms with Crippen LogP contribution in [-0.4, -0.2) is 76.1 Å². The first-order valence-electron chi connectivity index (χ1n) is 12.8. The zero-order valence-electron chi connectivity index (χ0n) is 20.8. The van der Waals surface area contributed by atoms with Crippen LogP contribution in [0.3, 0.4) is 0 Å². The number of nitrogens with one attached hydrogen (secondary N) is 1. The third kappa shape index (κ3) is 4.51. The molecule has 1 aliphatic heterocycles. The first-order chi connectivity index (χ1) is 16.9. The molecule has 0 radical (unpaired) electrons. The van der Waals surface area contributed by atoms with E-state index in [0.29, 0.717) is 18.2 Å². The molecule has 2 aromatic rings. The summed E-state index contributed by atoms with van der Waals surface area (Å²) >= 11 is 0. The molecule has 1 N–H and O–H groups in total. The van der Waals surface area contributed by atoms with E-state index >= 15 is 0 Å². The molecular formula is C27H36N6O2. The van der Waals surface area contributed by atoms with Crippen molar-refractivity contribution in [2.24, 2.45) is 5.92 Å². The van der Waals surface area contributed by atoms with Gasteiger partial charge < -0.3 is 15.1 Å². The second-order valence-corrected chi connectivity index (χ2v) is 10.7. The molecule has 3 aliphatic rings. The van der Waals surface area contributed by atoms with Crippen molar-refractivity contribution in [2.45, 2.75) is 56.0 Å². The number of hydrogen-bond acceptors (Lipinski definition) is 5. The number of carbonyl (C=O) groups is 2. The minimum atomic E-state index is -0.209. The van der Waals surface area contributed by atoms with Crippen LogP contribution in [0.25, 0.3) is 0 Å². The lowest BCUT2D eigenvalue weighted by molar-refractivity contribution is -0.116. The van der Waals surface area contributed by atoms with Crippen LogP contribution in [0.5, 0.6) is 0 Å². The van der Waals surface area contributed by atoms with Crippen molar-refractivity contribution in [3.8, 4) is 0 Å². The van der Waals surface area contributed by atoms with Gasteiger partial charge in [0.15, 0.2) is 0 Å². The Labute approximate surface area is 207 Å². The molecule has 2 saturated carbocycles. The summed E-state index contributed by atoms with van der Waals surface area (Å²) in [5, 5.41) is 10.4. The summed E-state index contributed by atoms with van der Waals surface area (Å²) in [6.45, 7) is 1.48. The van der Waals surface area contributed by atoms with E-state index in [0.717, 1.165) is 32.2 Å². The summed E-state index contributed by atoms with van der Waals surface area (Å²) in [4.78, 5) is 32.7. The molecule has 0 unspecified atom stereocenters. The molecule has 2 heterocycles. The molecule has 0 atom stereocenters. The Hall–Kier alpha value is -3.00. The SMILES string of the molecule is CN(C)[C@]1(c2ccccc2)CC[C@]2(CC1)CN(CC(=O)Nc1ccnnc1)C(=O)N2CC1CCC1. The van der Waals surface area contributed by atoms with Gasteiger partial charge in [0.1, 0.15) is 6.54 Å². The van der Waals surface area contributed by atoms with Gasteiger partial charge in [0.05, 0.1) is 23.6 Å². The van der Waals surface area contributed by atoms with Crippen molar-refractivity contribution in [1.29, 1.82) is 0 Å². The highest BCUT2D eigenvalue weighted by Crippen LogP contribution is 2.49. The highest BCUT2D eigenvalue weighted by Gasteiger charge is 2.55. The number of anilines is 1. The van der Waals surface area contributed by atoms with Gasteiger partial charge in [-0.25, -0.2) is 4.79 Å². The summed E-state index contributed by atoms with van der Waals surface area (Å²) in [6, 6.07) is 12.5. The van der Waals surface area contributed by atoms with E-state index in [4.69, 9.17) is 0 Å². The monoisotopic (exact) mass is 476 g/mol. The predicted octanol–water partition coefficient (Wildman–Crippen LogP) is 3.72. The standard InChI is InChI=1S/C27H36N6O2/c1-31(2)27(22-9-4-3-5-10-22)14-12-26(13-15-27)20-32(25(35)33(26)18-21-7-6-8-21)19-24(34)30-23-11-16-28-29-17-23/h3-5,9-11,16-17,21H,6-8,12-15,18-20H2,1-2H3,(H,28,30,34)/t26-,27+. The van der Waals surface area contributed by atoms with Crippen LogP contribution in [0.1, 0.15) is 50.5 Å². The zero-order chi connectivity index (χ0) is 24.5. The predicted molar refractivity (Wildman–Crippen MR) is 135 cm³/mol. The third-order valence-corrected chi connectivity index (χ3v) is 8.60. The fourth-order valence-corrected chi connectivity index (χ4v) is 6.25. The van der Waals surface area contributed by atoms with Crippen LogP contribution in [0.2, 0.25) is 0 Å². The number of nitrogens with zero attached hydrogens (tertiary/aromatic N) is 5. The number of hydrogen-bond donors (Lipinski definition) is 1. The third-order valence-electron chi connectivity index (χ3n) is 8.60. The first-order valence-corrected chi connectivity index (χ1v) is 12.8. The van der Waals surface area contributed by atoms with E-state index < -0.39 is 0 Å². The van der Waals surface area contributed by atoms with Crippen LogP contribution in [-0.2, 0) is 10.3 Å². The van der Waals surface area contributed by atoms with E-state index in [1.807, 2.05) is 0 Å². The summed E-state index contributed by atoms with van der Waals surface area (Å²) in [6.07, 6.45) is 10.5. The Morgan fingerprint density at radius 2 is 1.83 bits per heavy atom. The average molecular weight is 477 g/mol. The molecule has 8 nitrogen and oxygen atoms in total. The molecule has 1 spiro atoms. The Kier molecular flexibility index (Phi) is 6.49. The van der Waals surface area contributed by atoms with Crippen molar-refractivity contribution in [2.75, 3.05) is 39.0 Å². The maximum Gasteiger partial charge on any atom is 0.321 e. The molecule has 0 bridgehead atoms. The first kappa shape index (κ1) is 23.7. The van der Waals surface area contributed by atoms with Crippen molar-refractivity contribution < 1.29 is 9.59 Å². The molecular weight excluding hydrogens is 440 g/mol. The van der Waals surface area contributed by atoms with Crippen molar-refractivity contribution in [1.82, 2.24) is 24.9 Å². The Morgan fingerprint density at radius 3 is 2.43 bits per heavy atom. The van der Waals surface area contributed by atoms with E-state index in [2.05, 4.69) is 69.7 Å². The van der Waals surface area contributed by atoms with Gasteiger partial charge in [-0.15, -0.1) is 0 Å². The molecule has 5 rings (SSSR count). The van der Waals surface area contributed by atoms with Gasteiger partial charge in [-0.05, 0) is 70.2 Å². The number of amides is 3. The summed E-state index contributed by atoms with van der Waals surface area (Å²) in [5.74, 6) is 0.386. The van der Waals surface area contributed by atoms with Crippen LogP contribution < -0.4 is 5.32 Å². The van der Waals surface area contributed by atoms with E-state index in [9.17, 15) is 9.59 Å². The Balaban J connectivity index is 1.34. The molecule has 8 heteroatoms. The van der Waals surface area contributed by atoms with Crippen LogP contribution >= 0.6 is 0 Å². The smallest absolute Gasteiger partial charge is 0.321 e. The lowest BCUT2D eigenvalue weighted by Gasteiger charge is -2.51. The second kappa shape index (κ2) is 9.57. The molecule has 186 valence electrons. The van der Waals surface area contributed by atoms with Gasteiger partial charge >= 0.3 is 6.03 Å². The molecule has 1 aromatic carbocycles. The van der Waals surface area contributed by atoms with Gasteiger partial charge in [0, 0.05) is 18.6 Å². The van der Waals surface area contributed by atoms with Crippen LogP contribution in [0.4, 0.5) is 10.5 Å². The maximum atomic E-state index is 13.6. The molecule has 3 amide bonds. The Morgan fingerprint density at radius 1 is 1.09 bits per heavy atom. The van der Waals surface area contributed by atoms with E-state index in [1.54, 1.807) is 11.0 Å². The van der Waals surface area contributed by atoms with Crippen LogP contribution in [0, 0.1) is 5.92 Å². The summed E-state index contributed by atoms with van der Waals surface area (Å²) < 4.78 is 0. The van der Waals surface area contributed by atoms with Crippen molar-refractivity contribution in [3.05, 3.63) is 54.4 Å². The fourth-order valence-electron chi connectivity index (χ4n) is 6.25. The average Bonchev–Trinajstić information content (AvgIpc) is 3.08. The van der Waals surface area contributed by atoms with E-state index in [-0.39, 0.29) is 29.6 Å². The largest absolute Gasteiger partial charge is 0.323 e. The highest BCUT2D eigenvalue weighted by molar-refractivity contribution is 5.94. The number of aromatic nitrogens is 2. The Bertz CT molecular complexity index is 1030. The molecule has 1 aromatic heterocycles. The number of carbonyl (C=O) groups excluding carboxylic acids is 2. The quantitative estimate of drug-likeness (QED) is 0.659. The lowest BCUT2D eigenvalue weighted by atomic mass is 9.68. The van der Waals surface area contributed by atoms with Gasteiger partial charge in [0.2, 0.25) is 5.91 Å². The fraction of sp³-hybridized carbons (Fsp3) is 0.556. The van der Waals surface area contributed by atoms with Gasteiger partial charge in [-0.3, -0.25) is 9.69 Å². The van der Waals surface area contributed by atoms with Gasteiger partial charge in [-0.1, -0.05) is 36.8 Å².